The van der Waals surface area contributed by atoms with Gasteiger partial charge in [0.1, 0.15) is 11.9 Å². The van der Waals surface area contributed by atoms with Crippen molar-refractivity contribution in [2.45, 2.75) is 109 Å². The first-order chi connectivity index (χ1) is 29.1. The summed E-state index contributed by atoms with van der Waals surface area (Å²) >= 11 is 0. The molecule has 6 atom stereocenters. The van der Waals surface area contributed by atoms with E-state index in [2.05, 4.69) is 15.6 Å². The molecule has 1 aromatic heterocycles. The maximum atomic E-state index is 16.6. The lowest BCUT2D eigenvalue weighted by atomic mass is 9.89. The minimum atomic E-state index is -3.24. The van der Waals surface area contributed by atoms with Crippen LogP contribution in [-0.2, 0) is 29.8 Å². The van der Waals surface area contributed by atoms with Crippen molar-refractivity contribution >= 4 is 35.3 Å². The number of hydrogen-bond acceptors (Lipinski definition) is 9. The minimum Gasteiger partial charge on any atom is -0.453 e. The number of halogens is 2. The highest BCUT2D eigenvalue weighted by Crippen LogP contribution is 2.59. The van der Waals surface area contributed by atoms with Crippen LogP contribution in [0.1, 0.15) is 101 Å². The highest BCUT2D eigenvalue weighted by atomic mass is 19.3. The predicted molar refractivity (Wildman–Crippen MR) is 222 cm³/mol. The topological polar surface area (TPSA) is 166 Å². The number of benzene rings is 2. The van der Waals surface area contributed by atoms with Gasteiger partial charge in [0.15, 0.2) is 0 Å². The van der Waals surface area contributed by atoms with Gasteiger partial charge in [-0.3, -0.25) is 14.6 Å². The number of imidazole rings is 1. The minimum absolute atomic E-state index is 0.0405. The number of methoxy groups -OCH3 is 1. The zero-order valence-corrected chi connectivity index (χ0v) is 35.4. The summed E-state index contributed by atoms with van der Waals surface area (Å²) in [5, 5.41) is 5.93. The number of nitrogens with one attached hydrogen (secondary N) is 3. The van der Waals surface area contributed by atoms with Gasteiger partial charge < -0.3 is 30.2 Å². The Bertz CT molecular complexity index is 2340. The van der Waals surface area contributed by atoms with E-state index >= 15 is 8.78 Å². The smallest absolute Gasteiger partial charge is 0.407 e. The van der Waals surface area contributed by atoms with E-state index in [1.807, 2.05) is 56.7 Å². The third-order valence-corrected chi connectivity index (χ3v) is 13.9. The van der Waals surface area contributed by atoms with Crippen molar-refractivity contribution in [3.05, 3.63) is 71.3 Å². The van der Waals surface area contributed by atoms with Gasteiger partial charge in [-0.25, -0.2) is 9.78 Å². The number of allylic oxidation sites excluding steroid dienone is 1. The number of amides is 3. The molecule has 3 amide bonds. The summed E-state index contributed by atoms with van der Waals surface area (Å²) < 4.78 is 37.9. The number of aromatic nitrogens is 2. The number of piperidine rings is 1. The maximum Gasteiger partial charge on any atom is 0.407 e. The van der Waals surface area contributed by atoms with E-state index in [-0.39, 0.29) is 76.4 Å². The molecule has 13 nitrogen and oxygen atoms in total. The van der Waals surface area contributed by atoms with Crippen LogP contribution in [0.2, 0.25) is 0 Å². The number of rotatable bonds is 10. The van der Waals surface area contributed by atoms with Gasteiger partial charge in [-0.2, -0.15) is 18.4 Å². The van der Waals surface area contributed by atoms with Crippen molar-refractivity contribution in [2.24, 2.45) is 28.2 Å². The second-order valence-electron chi connectivity index (χ2n) is 18.3. The Kier molecular flexibility index (Phi) is 11.1. The Morgan fingerprint density at radius 3 is 2.23 bits per heavy atom. The number of alkyl halides is 2. The third kappa shape index (κ3) is 7.39. The number of fused-ring (bicyclic) bond motifs is 5. The summed E-state index contributed by atoms with van der Waals surface area (Å²) in [6.07, 6.45) is 9.33. The van der Waals surface area contributed by atoms with E-state index in [4.69, 9.17) is 24.3 Å². The number of aromatic amines is 1. The first-order valence-electron chi connectivity index (χ1n) is 21.3. The van der Waals surface area contributed by atoms with Gasteiger partial charge in [0.05, 0.1) is 37.1 Å². The van der Waals surface area contributed by atoms with E-state index in [0.29, 0.717) is 46.7 Å². The van der Waals surface area contributed by atoms with Gasteiger partial charge >= 0.3 is 12.2 Å². The third-order valence-electron chi connectivity index (χ3n) is 13.9. The molecule has 2 aromatic carbocycles. The van der Waals surface area contributed by atoms with E-state index in [1.165, 1.54) is 7.11 Å². The molecule has 3 aliphatic heterocycles. The quantitative estimate of drug-likeness (QED) is 0.199. The maximum absolute atomic E-state index is 16.6. The molecule has 0 unspecified atom stereocenters. The van der Waals surface area contributed by atoms with Crippen molar-refractivity contribution < 1.29 is 37.5 Å². The molecule has 322 valence electrons. The normalized spacial score (nSPS) is 24.4. The van der Waals surface area contributed by atoms with Gasteiger partial charge in [0.25, 0.3) is 5.92 Å². The standard InChI is InChI=1S/C45H53F2N7O4.CO2/c1-23(2)37(48-5)41(55)53-22-44(13-14-44)19-36(53)40-50-21-35(51-40)26-9-12-31-30-11-8-25(16-32(30)45(46,47)33(31)17-26)28-18-34(49-20-28)39-27-7-10-29(15-27)54(39)42(56)38(24(3)4)52-43(57)58-6;2-1-3/h8-9,11-12,16-17,20-21,23-24,27,29,36-39,48H,7,10,13-15,18-19,22H2,1-6H3,(H,50,51)(H,52,57);/t27-,29+,36-,37-,38-,39-;/m0./s1. The highest BCUT2D eigenvalue weighted by molar-refractivity contribution is 6.04. The summed E-state index contributed by atoms with van der Waals surface area (Å²) in [5.74, 6) is -2.37. The summed E-state index contributed by atoms with van der Waals surface area (Å²) in [6.45, 7) is 8.58. The van der Waals surface area contributed by atoms with Crippen LogP contribution in [0.5, 0.6) is 0 Å². The average molecular weight is 838 g/mol. The molecule has 4 heterocycles. The molecule has 61 heavy (non-hydrogen) atoms. The number of aliphatic imine (C=N–C) groups is 1. The SMILES string of the molecule is CN[C@H](C(=O)N1CC2(CC2)C[C@H]1c1ncc(-c2ccc3c(c2)C(F)(F)c2cc(C4=CN=C([C@@H]5[C@H]6CC[C@H](C6)N5C(=O)[C@@H](NC(=O)OC)C(C)C)C4)ccc2-3)[nH]1)C(C)C.O=C=O. The number of alkyl carbamates (subject to hydrolysis) is 1. The van der Waals surface area contributed by atoms with Gasteiger partial charge in [-0.05, 0) is 103 Å². The van der Waals surface area contributed by atoms with Crippen molar-refractivity contribution in [1.82, 2.24) is 30.4 Å². The molecule has 6 aliphatic rings. The van der Waals surface area contributed by atoms with Gasteiger partial charge in [0.2, 0.25) is 11.8 Å². The first-order valence-corrected chi connectivity index (χ1v) is 21.3. The molecular weight excluding hydrogens is 785 g/mol. The number of hydrogen-bond donors (Lipinski definition) is 3. The molecule has 3 aliphatic carbocycles. The van der Waals surface area contributed by atoms with E-state index in [0.717, 1.165) is 49.8 Å². The van der Waals surface area contributed by atoms with Crippen LogP contribution in [0, 0.1) is 23.2 Å². The predicted octanol–water partition coefficient (Wildman–Crippen LogP) is 6.86. The molecule has 0 radical (unpaired) electrons. The Labute approximate surface area is 353 Å². The molecule has 9 rings (SSSR count). The first kappa shape index (κ1) is 42.2. The Hall–Kier alpha value is -5.53. The largest absolute Gasteiger partial charge is 0.453 e. The summed E-state index contributed by atoms with van der Waals surface area (Å²) in [6, 6.07) is 9.11. The number of carbonyl (C=O) groups excluding carboxylic acids is 5. The van der Waals surface area contributed by atoms with Gasteiger partial charge in [-0.15, -0.1) is 0 Å². The number of likely N-dealkylation sites (N-methyl/N-ethyl adjacent to an activating group) is 1. The van der Waals surface area contributed by atoms with E-state index in [1.54, 1.807) is 36.7 Å². The lowest BCUT2D eigenvalue weighted by Crippen LogP contribution is -2.57. The number of likely N-dealkylation sites (tertiary alicyclic amines) is 2. The van der Waals surface area contributed by atoms with Crippen molar-refractivity contribution in [2.75, 3.05) is 20.7 Å². The Morgan fingerprint density at radius 2 is 1.61 bits per heavy atom. The van der Waals surface area contributed by atoms with Crippen molar-refractivity contribution in [3.8, 4) is 22.4 Å². The molecule has 4 fully saturated rings. The highest BCUT2D eigenvalue weighted by Gasteiger charge is 2.55. The molecule has 2 bridgehead atoms. The van der Waals surface area contributed by atoms with E-state index in [9.17, 15) is 14.4 Å². The fourth-order valence-corrected chi connectivity index (χ4v) is 10.6. The van der Waals surface area contributed by atoms with Crippen LogP contribution in [0.15, 0.2) is 53.8 Å². The lowest BCUT2D eigenvalue weighted by molar-refractivity contribution is -0.191. The van der Waals surface area contributed by atoms with Crippen molar-refractivity contribution in [1.29, 1.82) is 0 Å². The summed E-state index contributed by atoms with van der Waals surface area (Å²) in [7, 11) is 3.10. The summed E-state index contributed by atoms with van der Waals surface area (Å²) in [4.78, 5) is 73.0. The van der Waals surface area contributed by atoms with Crippen molar-refractivity contribution in [3.63, 3.8) is 0 Å². The monoisotopic (exact) mass is 837 g/mol. The second kappa shape index (κ2) is 16.1. The van der Waals surface area contributed by atoms with Crippen LogP contribution in [0.3, 0.4) is 0 Å². The van der Waals surface area contributed by atoms with Crippen LogP contribution in [0.25, 0.3) is 28.0 Å². The van der Waals surface area contributed by atoms with E-state index < -0.39 is 18.1 Å². The van der Waals surface area contributed by atoms with Crippen LogP contribution in [0.4, 0.5) is 13.6 Å². The van der Waals surface area contributed by atoms with Gasteiger partial charge in [-0.1, -0.05) is 52.0 Å². The second-order valence-corrected chi connectivity index (χ2v) is 18.3. The molecule has 3 aromatic rings. The number of H-pyrrole nitrogens is 1. The number of carbonyl (C=O) groups is 3. The molecule has 2 saturated heterocycles. The molecule has 3 N–H and O–H groups in total. The Balaban J connectivity index is 0.00000166. The Morgan fingerprint density at radius 1 is 0.951 bits per heavy atom. The van der Waals surface area contributed by atoms with Gasteiger partial charge in [0, 0.05) is 47.6 Å². The van der Waals surface area contributed by atoms with Crippen LogP contribution >= 0.6 is 0 Å². The average Bonchev–Trinajstić information content (AvgIpc) is 3.92. The fraction of sp³-hybridized carbons (Fsp3) is 0.522. The molecular formula is C46H53F2N7O6. The van der Waals surface area contributed by atoms with Crippen LogP contribution in [-0.4, -0.2) is 94.4 Å². The number of nitrogens with zero attached hydrogens (tertiary/aromatic N) is 4. The van der Waals surface area contributed by atoms with Crippen LogP contribution < -0.4 is 10.6 Å². The number of ether oxygens (including phenoxy) is 1. The molecule has 15 heteroatoms. The fourth-order valence-electron chi connectivity index (χ4n) is 10.6. The molecule has 2 saturated carbocycles. The zero-order valence-electron chi connectivity index (χ0n) is 35.4. The molecule has 1 spiro atoms. The lowest BCUT2D eigenvalue weighted by Gasteiger charge is -2.38. The summed E-state index contributed by atoms with van der Waals surface area (Å²) in [5.41, 5.74) is 4.67. The zero-order chi connectivity index (χ0) is 43.5.